The predicted octanol–water partition coefficient (Wildman–Crippen LogP) is 3.50. The highest BCUT2D eigenvalue weighted by Gasteiger charge is 2.09. The lowest BCUT2D eigenvalue weighted by Crippen LogP contribution is -2.08. The molecule has 0 saturated carbocycles. The zero-order valence-corrected chi connectivity index (χ0v) is 11.8. The first-order valence-corrected chi connectivity index (χ1v) is 6.90. The summed E-state index contributed by atoms with van der Waals surface area (Å²) in [5, 5.41) is 2.90. The molecular weight excluding hydrogens is 300 g/mol. The van der Waals surface area contributed by atoms with Crippen molar-refractivity contribution in [1.29, 1.82) is 0 Å². The lowest BCUT2D eigenvalue weighted by Gasteiger charge is -2.13. The van der Waals surface area contributed by atoms with Gasteiger partial charge in [-0.1, -0.05) is 22.0 Å². The van der Waals surface area contributed by atoms with Gasteiger partial charge in [-0.15, -0.1) is 11.3 Å². The van der Waals surface area contributed by atoms with Crippen molar-refractivity contribution in [3.8, 4) is 5.75 Å². The summed E-state index contributed by atoms with van der Waals surface area (Å²) >= 11 is 5.01. The average molecular weight is 313 g/mol. The van der Waals surface area contributed by atoms with E-state index in [1.165, 1.54) is 0 Å². The largest absolute Gasteiger partial charge is 0.486 e. The highest BCUT2D eigenvalue weighted by Crippen LogP contribution is 2.28. The minimum atomic E-state index is -0.0469. The Labute approximate surface area is 113 Å². The Morgan fingerprint density at radius 3 is 3.00 bits per heavy atom. The van der Waals surface area contributed by atoms with Gasteiger partial charge in [0.2, 0.25) is 0 Å². The molecule has 1 heterocycles. The van der Waals surface area contributed by atoms with Crippen LogP contribution in [-0.4, -0.2) is 4.98 Å². The zero-order chi connectivity index (χ0) is 12.3. The summed E-state index contributed by atoms with van der Waals surface area (Å²) in [5.41, 5.74) is 6.91. The molecule has 0 aliphatic heterocycles. The van der Waals surface area contributed by atoms with Gasteiger partial charge < -0.3 is 10.5 Å². The molecule has 0 bridgehead atoms. The van der Waals surface area contributed by atoms with Gasteiger partial charge in [-0.2, -0.15) is 0 Å². The minimum Gasteiger partial charge on any atom is -0.486 e. The van der Waals surface area contributed by atoms with Gasteiger partial charge in [-0.05, 0) is 19.1 Å². The molecular formula is C12H13BrN2OS. The van der Waals surface area contributed by atoms with Crippen LogP contribution in [0.3, 0.4) is 0 Å². The van der Waals surface area contributed by atoms with Crippen LogP contribution in [0.25, 0.3) is 0 Å². The lowest BCUT2D eigenvalue weighted by molar-refractivity contribution is 0.300. The van der Waals surface area contributed by atoms with Crippen LogP contribution in [0.1, 0.15) is 23.5 Å². The Hall–Kier alpha value is -0.910. The second-order valence-corrected chi connectivity index (χ2v) is 5.58. The van der Waals surface area contributed by atoms with E-state index in [0.717, 1.165) is 20.8 Å². The molecule has 90 valence electrons. The standard InChI is InChI=1S/C12H13BrN2OS/c1-8(14)10-3-2-9(13)6-11(10)16-7-12-15-4-5-17-12/h2-6,8H,7,14H2,1H3/t8-/m0/s1. The van der Waals surface area contributed by atoms with Crippen molar-refractivity contribution in [3.05, 3.63) is 44.8 Å². The molecule has 0 fully saturated rings. The second-order valence-electron chi connectivity index (χ2n) is 3.69. The number of hydrogen-bond acceptors (Lipinski definition) is 4. The molecule has 2 rings (SSSR count). The molecule has 0 amide bonds. The van der Waals surface area contributed by atoms with E-state index in [-0.39, 0.29) is 6.04 Å². The highest BCUT2D eigenvalue weighted by atomic mass is 79.9. The Morgan fingerprint density at radius 2 is 2.35 bits per heavy atom. The maximum Gasteiger partial charge on any atom is 0.140 e. The SMILES string of the molecule is C[C@H](N)c1ccc(Br)cc1OCc1nccs1. The molecule has 2 aromatic rings. The van der Waals surface area contributed by atoms with E-state index in [1.807, 2.05) is 30.5 Å². The first-order chi connectivity index (χ1) is 8.16. The second kappa shape index (κ2) is 5.62. The van der Waals surface area contributed by atoms with E-state index >= 15 is 0 Å². The van der Waals surface area contributed by atoms with E-state index < -0.39 is 0 Å². The Balaban J connectivity index is 2.16. The zero-order valence-electron chi connectivity index (χ0n) is 9.39. The third-order valence-corrected chi connectivity index (χ3v) is 3.55. The van der Waals surface area contributed by atoms with Gasteiger partial charge >= 0.3 is 0 Å². The number of benzene rings is 1. The van der Waals surface area contributed by atoms with Crippen LogP contribution in [-0.2, 0) is 6.61 Å². The highest BCUT2D eigenvalue weighted by molar-refractivity contribution is 9.10. The third kappa shape index (κ3) is 3.28. The van der Waals surface area contributed by atoms with Gasteiger partial charge in [-0.25, -0.2) is 4.98 Å². The third-order valence-electron chi connectivity index (χ3n) is 2.30. The molecule has 5 heteroatoms. The maximum absolute atomic E-state index is 5.91. The number of ether oxygens (including phenoxy) is 1. The van der Waals surface area contributed by atoms with Gasteiger partial charge in [0.1, 0.15) is 17.4 Å². The van der Waals surface area contributed by atoms with Crippen molar-refractivity contribution < 1.29 is 4.74 Å². The van der Waals surface area contributed by atoms with Crippen molar-refractivity contribution in [1.82, 2.24) is 4.98 Å². The topological polar surface area (TPSA) is 48.1 Å². The van der Waals surface area contributed by atoms with Crippen molar-refractivity contribution in [2.24, 2.45) is 5.73 Å². The molecule has 0 aliphatic rings. The minimum absolute atomic E-state index is 0.0469. The predicted molar refractivity (Wildman–Crippen MR) is 73.2 cm³/mol. The summed E-state index contributed by atoms with van der Waals surface area (Å²) in [6, 6.07) is 5.84. The smallest absolute Gasteiger partial charge is 0.140 e. The van der Waals surface area contributed by atoms with Gasteiger partial charge in [0.15, 0.2) is 0 Å². The fourth-order valence-electron chi connectivity index (χ4n) is 1.47. The number of aromatic nitrogens is 1. The number of thiazole rings is 1. The van der Waals surface area contributed by atoms with Crippen LogP contribution in [0, 0.1) is 0 Å². The molecule has 0 spiro atoms. The quantitative estimate of drug-likeness (QED) is 0.940. The molecule has 17 heavy (non-hydrogen) atoms. The van der Waals surface area contributed by atoms with E-state index in [1.54, 1.807) is 17.5 Å². The van der Waals surface area contributed by atoms with E-state index in [2.05, 4.69) is 20.9 Å². The molecule has 0 saturated heterocycles. The van der Waals surface area contributed by atoms with Crippen LogP contribution in [0.15, 0.2) is 34.2 Å². The van der Waals surface area contributed by atoms with Crippen molar-refractivity contribution in [2.45, 2.75) is 19.6 Å². The first-order valence-electron chi connectivity index (χ1n) is 5.23. The van der Waals surface area contributed by atoms with Crippen LogP contribution >= 0.6 is 27.3 Å². The fourth-order valence-corrected chi connectivity index (χ4v) is 2.34. The van der Waals surface area contributed by atoms with Gasteiger partial charge in [0.25, 0.3) is 0 Å². The normalized spacial score (nSPS) is 12.4. The molecule has 1 aromatic carbocycles. The molecule has 1 aromatic heterocycles. The lowest BCUT2D eigenvalue weighted by atomic mass is 10.1. The van der Waals surface area contributed by atoms with E-state index in [4.69, 9.17) is 10.5 Å². The first kappa shape index (κ1) is 12.5. The molecule has 0 aliphatic carbocycles. The number of nitrogens with zero attached hydrogens (tertiary/aromatic N) is 1. The van der Waals surface area contributed by atoms with Crippen LogP contribution in [0.2, 0.25) is 0 Å². The number of halogens is 1. The molecule has 0 unspecified atom stereocenters. The summed E-state index contributed by atoms with van der Waals surface area (Å²) in [6.45, 7) is 2.42. The van der Waals surface area contributed by atoms with Crippen LogP contribution in [0.5, 0.6) is 5.75 Å². The molecule has 3 nitrogen and oxygen atoms in total. The summed E-state index contributed by atoms with van der Waals surface area (Å²) in [4.78, 5) is 4.18. The van der Waals surface area contributed by atoms with Gasteiger partial charge in [0.05, 0.1) is 0 Å². The van der Waals surface area contributed by atoms with Crippen LogP contribution in [0.4, 0.5) is 0 Å². The van der Waals surface area contributed by atoms with Crippen LogP contribution < -0.4 is 10.5 Å². The Bertz CT molecular complexity index is 485. The number of hydrogen-bond donors (Lipinski definition) is 1. The monoisotopic (exact) mass is 312 g/mol. The summed E-state index contributed by atoms with van der Waals surface area (Å²) in [6.07, 6.45) is 1.77. The van der Waals surface area contributed by atoms with Gasteiger partial charge in [0, 0.05) is 27.7 Å². The average Bonchev–Trinajstić information content (AvgIpc) is 2.78. The van der Waals surface area contributed by atoms with Crippen molar-refractivity contribution >= 4 is 27.3 Å². The summed E-state index contributed by atoms with van der Waals surface area (Å²) in [7, 11) is 0. The Morgan fingerprint density at radius 1 is 1.53 bits per heavy atom. The van der Waals surface area contributed by atoms with Crippen molar-refractivity contribution in [3.63, 3.8) is 0 Å². The van der Waals surface area contributed by atoms with E-state index in [0.29, 0.717) is 6.61 Å². The van der Waals surface area contributed by atoms with Crippen molar-refractivity contribution in [2.75, 3.05) is 0 Å². The fraction of sp³-hybridized carbons (Fsp3) is 0.250. The molecule has 0 radical (unpaired) electrons. The molecule has 1 atom stereocenters. The van der Waals surface area contributed by atoms with E-state index in [9.17, 15) is 0 Å². The number of rotatable bonds is 4. The summed E-state index contributed by atoms with van der Waals surface area (Å²) in [5.74, 6) is 0.810. The Kier molecular flexibility index (Phi) is 4.15. The molecule has 2 N–H and O–H groups in total. The number of nitrogens with two attached hydrogens (primary N) is 1. The summed E-state index contributed by atoms with van der Waals surface area (Å²) < 4.78 is 6.74. The maximum atomic E-state index is 5.91. The van der Waals surface area contributed by atoms with Gasteiger partial charge in [-0.3, -0.25) is 0 Å².